The van der Waals surface area contributed by atoms with Crippen molar-refractivity contribution in [3.8, 4) is 0 Å². The fourth-order valence-corrected chi connectivity index (χ4v) is 1.51. The molecule has 3 heteroatoms. The third kappa shape index (κ3) is 4.07. The molecule has 0 N–H and O–H groups in total. The lowest BCUT2D eigenvalue weighted by Crippen LogP contribution is -2.07. The van der Waals surface area contributed by atoms with Crippen LogP contribution in [0.4, 0.5) is 0 Å². The summed E-state index contributed by atoms with van der Waals surface area (Å²) in [5.74, 6) is 0.226. The molecule has 86 valence electrons. The maximum Gasteiger partial charge on any atom is 0.333 e. The van der Waals surface area contributed by atoms with Crippen LogP contribution in [0.2, 0.25) is 0 Å². The van der Waals surface area contributed by atoms with Gasteiger partial charge in [0.15, 0.2) is 0 Å². The zero-order valence-electron chi connectivity index (χ0n) is 9.28. The second-order valence-corrected chi connectivity index (χ2v) is 3.74. The Labute approximate surface area is 101 Å². The molecule has 0 saturated carbocycles. The van der Waals surface area contributed by atoms with E-state index in [1.807, 2.05) is 36.4 Å². The molecule has 0 saturated heterocycles. The minimum Gasteiger partial charge on any atom is -0.466 e. The maximum absolute atomic E-state index is 11.5. The Bertz CT molecular complexity index is 357. The number of esters is 1. The fourth-order valence-electron chi connectivity index (χ4n) is 1.40. The fraction of sp³-hybridized carbons (Fsp3) is 0.308. The number of carbonyl (C=O) groups is 1. The first-order chi connectivity index (χ1) is 7.77. The van der Waals surface area contributed by atoms with Gasteiger partial charge in [-0.2, -0.15) is 0 Å². The molecule has 0 spiro atoms. The number of hydrogen-bond donors (Lipinski definition) is 0. The van der Waals surface area contributed by atoms with Crippen LogP contribution in [-0.2, 0) is 16.0 Å². The Balaban J connectivity index is 2.75. The van der Waals surface area contributed by atoms with Gasteiger partial charge in [0, 0.05) is 17.9 Å². The van der Waals surface area contributed by atoms with E-state index in [4.69, 9.17) is 16.3 Å². The molecule has 1 aromatic carbocycles. The van der Waals surface area contributed by atoms with Crippen LogP contribution in [-0.4, -0.2) is 19.0 Å². The van der Waals surface area contributed by atoms with E-state index in [0.717, 1.165) is 5.56 Å². The first kappa shape index (κ1) is 12.8. The second kappa shape index (κ2) is 7.07. The number of hydrogen-bond acceptors (Lipinski definition) is 2. The number of methoxy groups -OCH3 is 1. The number of ether oxygens (including phenoxy) is 1. The summed E-state index contributed by atoms with van der Waals surface area (Å²) in [6.07, 6.45) is 3.11. The molecule has 0 aliphatic carbocycles. The van der Waals surface area contributed by atoms with Crippen molar-refractivity contribution >= 4 is 17.6 Å². The Morgan fingerprint density at radius 3 is 2.62 bits per heavy atom. The van der Waals surface area contributed by atoms with E-state index in [2.05, 4.69) is 0 Å². The predicted octanol–water partition coefficient (Wildman–Crippen LogP) is 2.96. The first-order valence-corrected chi connectivity index (χ1v) is 5.68. The highest BCUT2D eigenvalue weighted by molar-refractivity contribution is 6.17. The van der Waals surface area contributed by atoms with Gasteiger partial charge in [0.05, 0.1) is 7.11 Å². The topological polar surface area (TPSA) is 26.3 Å². The lowest BCUT2D eigenvalue weighted by atomic mass is 10.0. The molecule has 1 rings (SSSR count). The lowest BCUT2D eigenvalue weighted by molar-refractivity contribution is -0.136. The molecule has 0 heterocycles. The van der Waals surface area contributed by atoms with Crippen molar-refractivity contribution in [1.29, 1.82) is 0 Å². The minimum atomic E-state index is -0.283. The smallest absolute Gasteiger partial charge is 0.333 e. The Kier molecular flexibility index (Phi) is 5.65. The molecule has 0 amide bonds. The Morgan fingerprint density at radius 1 is 1.38 bits per heavy atom. The molecular weight excluding hydrogens is 224 g/mol. The summed E-state index contributed by atoms with van der Waals surface area (Å²) in [4.78, 5) is 11.5. The first-order valence-electron chi connectivity index (χ1n) is 5.15. The van der Waals surface area contributed by atoms with Crippen LogP contribution in [0, 0.1) is 0 Å². The zero-order valence-corrected chi connectivity index (χ0v) is 10.0. The summed E-state index contributed by atoms with van der Waals surface area (Å²) in [6, 6.07) is 9.82. The average Bonchev–Trinajstić information content (AvgIpc) is 2.34. The SMILES string of the molecule is COC(=O)/C(=C\CCCl)Cc1ccccc1. The molecule has 16 heavy (non-hydrogen) atoms. The van der Waals surface area contributed by atoms with Crippen LogP contribution in [0.5, 0.6) is 0 Å². The molecular formula is C13H15ClO2. The summed E-state index contributed by atoms with van der Waals surface area (Å²) in [5.41, 5.74) is 1.75. The zero-order chi connectivity index (χ0) is 11.8. The van der Waals surface area contributed by atoms with E-state index in [9.17, 15) is 4.79 Å². The molecule has 0 aliphatic heterocycles. The number of benzene rings is 1. The van der Waals surface area contributed by atoms with E-state index in [1.165, 1.54) is 7.11 Å². The van der Waals surface area contributed by atoms with Crippen molar-refractivity contribution in [3.63, 3.8) is 0 Å². The Morgan fingerprint density at radius 2 is 2.06 bits per heavy atom. The van der Waals surface area contributed by atoms with E-state index in [0.29, 0.717) is 24.3 Å². The monoisotopic (exact) mass is 238 g/mol. The molecule has 2 nitrogen and oxygen atoms in total. The van der Waals surface area contributed by atoms with E-state index < -0.39 is 0 Å². The molecule has 0 atom stereocenters. The van der Waals surface area contributed by atoms with Crippen molar-refractivity contribution in [2.24, 2.45) is 0 Å². The van der Waals surface area contributed by atoms with Gasteiger partial charge < -0.3 is 4.74 Å². The van der Waals surface area contributed by atoms with E-state index in [-0.39, 0.29) is 5.97 Å². The van der Waals surface area contributed by atoms with Crippen molar-refractivity contribution in [1.82, 2.24) is 0 Å². The van der Waals surface area contributed by atoms with Gasteiger partial charge >= 0.3 is 5.97 Å². The predicted molar refractivity (Wildman–Crippen MR) is 65.6 cm³/mol. The molecule has 0 fully saturated rings. The number of allylic oxidation sites excluding steroid dienone is 1. The van der Waals surface area contributed by atoms with Crippen molar-refractivity contribution in [2.75, 3.05) is 13.0 Å². The highest BCUT2D eigenvalue weighted by Gasteiger charge is 2.09. The van der Waals surface area contributed by atoms with Gasteiger partial charge in [0.1, 0.15) is 0 Å². The van der Waals surface area contributed by atoms with Crippen molar-refractivity contribution in [3.05, 3.63) is 47.5 Å². The second-order valence-electron chi connectivity index (χ2n) is 3.36. The molecule has 0 aromatic heterocycles. The van der Waals surface area contributed by atoms with Crippen LogP contribution in [0.15, 0.2) is 42.0 Å². The Hall–Kier alpha value is -1.28. The van der Waals surface area contributed by atoms with Crippen LogP contribution >= 0.6 is 11.6 Å². The summed E-state index contributed by atoms with van der Waals surface area (Å²) < 4.78 is 4.73. The average molecular weight is 239 g/mol. The minimum absolute atomic E-state index is 0.283. The lowest BCUT2D eigenvalue weighted by Gasteiger charge is -2.05. The quantitative estimate of drug-likeness (QED) is 0.448. The molecule has 1 aromatic rings. The molecule has 0 unspecified atom stereocenters. The van der Waals surface area contributed by atoms with Crippen LogP contribution < -0.4 is 0 Å². The van der Waals surface area contributed by atoms with E-state index >= 15 is 0 Å². The van der Waals surface area contributed by atoms with Gasteiger partial charge in [-0.1, -0.05) is 36.4 Å². The highest BCUT2D eigenvalue weighted by Crippen LogP contribution is 2.10. The number of halogens is 1. The summed E-state index contributed by atoms with van der Waals surface area (Å²) in [7, 11) is 1.39. The summed E-state index contributed by atoms with van der Waals surface area (Å²) in [5, 5.41) is 0. The van der Waals surface area contributed by atoms with Gasteiger partial charge in [-0.05, 0) is 12.0 Å². The number of rotatable bonds is 5. The molecule has 0 radical (unpaired) electrons. The van der Waals surface area contributed by atoms with Crippen LogP contribution in [0.3, 0.4) is 0 Å². The highest BCUT2D eigenvalue weighted by atomic mass is 35.5. The maximum atomic E-state index is 11.5. The van der Waals surface area contributed by atoms with Crippen molar-refractivity contribution in [2.45, 2.75) is 12.8 Å². The summed E-state index contributed by atoms with van der Waals surface area (Å²) >= 11 is 5.60. The summed E-state index contributed by atoms with van der Waals surface area (Å²) in [6.45, 7) is 0. The molecule has 0 aliphatic rings. The standard InChI is InChI=1S/C13H15ClO2/c1-16-13(15)12(8-5-9-14)10-11-6-3-2-4-7-11/h2-4,6-8H,5,9-10H2,1H3/b12-8-. The van der Waals surface area contributed by atoms with Crippen LogP contribution in [0.25, 0.3) is 0 Å². The van der Waals surface area contributed by atoms with Gasteiger partial charge in [0.25, 0.3) is 0 Å². The molecule has 0 bridgehead atoms. The third-order valence-corrected chi connectivity index (χ3v) is 2.40. The van der Waals surface area contributed by atoms with Gasteiger partial charge in [0.2, 0.25) is 0 Å². The largest absolute Gasteiger partial charge is 0.466 e. The normalized spacial score (nSPS) is 11.2. The number of alkyl halides is 1. The van der Waals surface area contributed by atoms with Crippen molar-refractivity contribution < 1.29 is 9.53 Å². The van der Waals surface area contributed by atoms with E-state index in [1.54, 1.807) is 0 Å². The van der Waals surface area contributed by atoms with Crippen LogP contribution in [0.1, 0.15) is 12.0 Å². The third-order valence-electron chi connectivity index (χ3n) is 2.18. The van der Waals surface area contributed by atoms with Gasteiger partial charge in [-0.3, -0.25) is 0 Å². The van der Waals surface area contributed by atoms with Gasteiger partial charge in [-0.15, -0.1) is 11.6 Å². The van der Waals surface area contributed by atoms with Gasteiger partial charge in [-0.25, -0.2) is 4.79 Å². The number of carbonyl (C=O) groups excluding carboxylic acids is 1.